The van der Waals surface area contributed by atoms with Crippen LogP contribution in [0.4, 0.5) is 10.2 Å². The summed E-state index contributed by atoms with van der Waals surface area (Å²) in [5.41, 5.74) is 1.27. The van der Waals surface area contributed by atoms with Crippen LogP contribution in [0, 0.1) is 11.7 Å². The Balaban J connectivity index is 1.35. The Morgan fingerprint density at radius 2 is 2.12 bits per heavy atom. The Labute approximate surface area is 157 Å². The molecule has 0 unspecified atom stereocenters. The molecule has 0 radical (unpaired) electrons. The van der Waals surface area contributed by atoms with Gasteiger partial charge in [0.1, 0.15) is 16.5 Å². The summed E-state index contributed by atoms with van der Waals surface area (Å²) < 4.78 is 14.9. The second-order valence-corrected chi connectivity index (χ2v) is 6.70. The van der Waals surface area contributed by atoms with E-state index in [0.717, 1.165) is 5.69 Å². The van der Waals surface area contributed by atoms with Gasteiger partial charge in [-0.25, -0.2) is 14.4 Å². The van der Waals surface area contributed by atoms with Gasteiger partial charge in [-0.05, 0) is 17.7 Å². The summed E-state index contributed by atoms with van der Waals surface area (Å²) in [5, 5.41) is 3.39. The Hall–Kier alpha value is -2.45. The van der Waals surface area contributed by atoms with Crippen LogP contribution in [0.15, 0.2) is 30.7 Å². The van der Waals surface area contributed by atoms with Gasteiger partial charge in [0.2, 0.25) is 11.2 Å². The zero-order chi connectivity index (χ0) is 18.3. The molecule has 4 heterocycles. The molecule has 0 bridgehead atoms. The highest BCUT2D eigenvalue weighted by Crippen LogP contribution is 2.29. The summed E-state index contributed by atoms with van der Waals surface area (Å²) >= 11 is 11.9. The van der Waals surface area contributed by atoms with Crippen LogP contribution in [0.5, 0.6) is 0 Å². The van der Waals surface area contributed by atoms with Crippen molar-refractivity contribution in [3.05, 3.63) is 52.5 Å². The standard InChI is InChI=1S/C16H13Cl2FN6O/c17-12-6-22-16(18)23-14(12)24-7-9(8-24)15(26)21-5-11-4-20-13-3-10(19)1-2-25(11)13/h1-4,6,9H,5,7-8H2,(H,21,26). The first-order valence-corrected chi connectivity index (χ1v) is 8.59. The zero-order valence-corrected chi connectivity index (χ0v) is 14.9. The number of rotatable bonds is 4. The lowest BCUT2D eigenvalue weighted by atomic mass is 9.99. The molecule has 134 valence electrons. The second kappa shape index (κ2) is 6.69. The van der Waals surface area contributed by atoms with Crippen LogP contribution < -0.4 is 10.2 Å². The molecule has 1 N–H and O–H groups in total. The number of hydrogen-bond acceptors (Lipinski definition) is 5. The van der Waals surface area contributed by atoms with E-state index in [0.29, 0.717) is 36.1 Å². The molecule has 10 heteroatoms. The maximum Gasteiger partial charge on any atom is 0.227 e. The number of nitrogens with one attached hydrogen (secondary N) is 1. The van der Waals surface area contributed by atoms with Crippen molar-refractivity contribution in [1.82, 2.24) is 24.7 Å². The number of halogens is 3. The quantitative estimate of drug-likeness (QED) is 0.687. The third-order valence-corrected chi connectivity index (χ3v) is 4.69. The van der Waals surface area contributed by atoms with E-state index in [1.807, 2.05) is 4.90 Å². The lowest BCUT2D eigenvalue weighted by molar-refractivity contribution is -0.125. The molecule has 3 aromatic rings. The SMILES string of the molecule is O=C(NCc1cnc2cc(F)ccn12)C1CN(c2nc(Cl)ncc2Cl)C1. The number of anilines is 1. The van der Waals surface area contributed by atoms with Crippen LogP contribution in [0.3, 0.4) is 0 Å². The average Bonchev–Trinajstić information content (AvgIpc) is 2.96. The first kappa shape index (κ1) is 17.0. The smallest absolute Gasteiger partial charge is 0.227 e. The summed E-state index contributed by atoms with van der Waals surface area (Å²) in [5.74, 6) is -0.0673. The minimum absolute atomic E-state index is 0.0745. The first-order valence-electron chi connectivity index (χ1n) is 7.83. The third-order valence-electron chi connectivity index (χ3n) is 4.24. The predicted octanol–water partition coefficient (Wildman–Crippen LogP) is 2.32. The highest BCUT2D eigenvalue weighted by atomic mass is 35.5. The molecular weight excluding hydrogens is 382 g/mol. The van der Waals surface area contributed by atoms with Crippen molar-refractivity contribution in [2.45, 2.75) is 6.54 Å². The largest absolute Gasteiger partial charge is 0.353 e. The summed E-state index contributed by atoms with van der Waals surface area (Å²) in [6, 6.07) is 2.69. The number of nitrogens with zero attached hydrogens (tertiary/aromatic N) is 5. The van der Waals surface area contributed by atoms with Crippen molar-refractivity contribution < 1.29 is 9.18 Å². The second-order valence-electron chi connectivity index (χ2n) is 5.95. The van der Waals surface area contributed by atoms with Gasteiger partial charge in [0.05, 0.1) is 30.6 Å². The fourth-order valence-electron chi connectivity index (χ4n) is 2.84. The lowest BCUT2D eigenvalue weighted by Gasteiger charge is -2.39. The molecule has 1 fully saturated rings. The van der Waals surface area contributed by atoms with Crippen LogP contribution in [0.25, 0.3) is 5.65 Å². The molecule has 7 nitrogen and oxygen atoms in total. The van der Waals surface area contributed by atoms with Gasteiger partial charge in [-0.1, -0.05) is 11.6 Å². The van der Waals surface area contributed by atoms with Gasteiger partial charge in [-0.3, -0.25) is 4.79 Å². The Bertz CT molecular complexity index is 988. The number of amides is 1. The van der Waals surface area contributed by atoms with Gasteiger partial charge in [0.15, 0.2) is 5.82 Å². The lowest BCUT2D eigenvalue weighted by Crippen LogP contribution is -2.54. The van der Waals surface area contributed by atoms with Gasteiger partial charge in [-0.15, -0.1) is 0 Å². The monoisotopic (exact) mass is 394 g/mol. The fourth-order valence-corrected chi connectivity index (χ4v) is 3.18. The molecule has 4 rings (SSSR count). The summed E-state index contributed by atoms with van der Waals surface area (Å²) in [7, 11) is 0. The van der Waals surface area contributed by atoms with Crippen molar-refractivity contribution in [2.75, 3.05) is 18.0 Å². The Morgan fingerprint density at radius 3 is 2.92 bits per heavy atom. The topological polar surface area (TPSA) is 75.4 Å². The molecule has 3 aromatic heterocycles. The van der Waals surface area contributed by atoms with Gasteiger partial charge in [-0.2, -0.15) is 4.98 Å². The van der Waals surface area contributed by atoms with Crippen LogP contribution in [0.1, 0.15) is 5.69 Å². The molecule has 1 amide bonds. The summed E-state index contributed by atoms with van der Waals surface area (Å²) in [6.45, 7) is 1.30. The van der Waals surface area contributed by atoms with Crippen LogP contribution in [-0.4, -0.2) is 38.3 Å². The van der Waals surface area contributed by atoms with Crippen LogP contribution >= 0.6 is 23.2 Å². The molecule has 1 saturated heterocycles. The number of aromatic nitrogens is 4. The molecule has 1 aliphatic rings. The number of fused-ring (bicyclic) bond motifs is 1. The molecule has 26 heavy (non-hydrogen) atoms. The summed E-state index contributed by atoms with van der Waals surface area (Å²) in [6.07, 6.45) is 4.64. The fraction of sp³-hybridized carbons (Fsp3) is 0.250. The van der Waals surface area contributed by atoms with E-state index in [-0.39, 0.29) is 22.9 Å². The Morgan fingerprint density at radius 1 is 1.31 bits per heavy atom. The maximum atomic E-state index is 13.2. The minimum Gasteiger partial charge on any atom is -0.353 e. The molecular formula is C16H13Cl2FN6O. The highest BCUT2D eigenvalue weighted by molar-refractivity contribution is 6.33. The van der Waals surface area contributed by atoms with E-state index < -0.39 is 0 Å². The minimum atomic E-state index is -0.350. The van der Waals surface area contributed by atoms with E-state index in [1.54, 1.807) is 16.8 Å². The number of carbonyl (C=O) groups is 1. The number of carbonyl (C=O) groups excluding carboxylic acids is 1. The number of imidazole rings is 1. The van der Waals surface area contributed by atoms with E-state index in [1.165, 1.54) is 18.3 Å². The van der Waals surface area contributed by atoms with Crippen molar-refractivity contribution in [3.8, 4) is 0 Å². The van der Waals surface area contributed by atoms with Crippen molar-refractivity contribution >= 4 is 40.6 Å². The van der Waals surface area contributed by atoms with Gasteiger partial charge in [0, 0.05) is 25.4 Å². The molecule has 0 aromatic carbocycles. The molecule has 0 aliphatic carbocycles. The average molecular weight is 395 g/mol. The van der Waals surface area contributed by atoms with Gasteiger partial charge in [0.25, 0.3) is 0 Å². The van der Waals surface area contributed by atoms with Crippen molar-refractivity contribution in [1.29, 1.82) is 0 Å². The first-order chi connectivity index (χ1) is 12.5. The normalized spacial score (nSPS) is 14.5. The van der Waals surface area contributed by atoms with Crippen LogP contribution in [-0.2, 0) is 11.3 Å². The van der Waals surface area contributed by atoms with E-state index in [4.69, 9.17) is 23.2 Å². The predicted molar refractivity (Wildman–Crippen MR) is 94.8 cm³/mol. The number of pyridine rings is 1. The summed E-state index contributed by atoms with van der Waals surface area (Å²) in [4.78, 5) is 26.2. The highest BCUT2D eigenvalue weighted by Gasteiger charge is 2.34. The zero-order valence-electron chi connectivity index (χ0n) is 13.4. The van der Waals surface area contributed by atoms with E-state index in [2.05, 4.69) is 20.3 Å². The Kier molecular flexibility index (Phi) is 4.37. The van der Waals surface area contributed by atoms with Crippen molar-refractivity contribution in [3.63, 3.8) is 0 Å². The van der Waals surface area contributed by atoms with Gasteiger partial charge >= 0.3 is 0 Å². The van der Waals surface area contributed by atoms with E-state index in [9.17, 15) is 9.18 Å². The molecule has 0 spiro atoms. The van der Waals surface area contributed by atoms with Crippen LogP contribution in [0.2, 0.25) is 10.3 Å². The third kappa shape index (κ3) is 3.17. The molecule has 0 atom stereocenters. The maximum absolute atomic E-state index is 13.2. The molecule has 0 saturated carbocycles. The van der Waals surface area contributed by atoms with Crippen molar-refractivity contribution in [2.24, 2.45) is 5.92 Å². The van der Waals surface area contributed by atoms with Gasteiger partial charge < -0.3 is 14.6 Å². The van der Waals surface area contributed by atoms with E-state index >= 15 is 0 Å². The number of hydrogen-bond donors (Lipinski definition) is 1. The molecule has 1 aliphatic heterocycles.